The van der Waals surface area contributed by atoms with Crippen LogP contribution in [0.4, 0.5) is 5.82 Å². The summed E-state index contributed by atoms with van der Waals surface area (Å²) >= 11 is 0. The van der Waals surface area contributed by atoms with Crippen LogP contribution in [0.15, 0.2) is 30.5 Å². The molecular weight excluding hydrogens is 302 g/mol. The average molecular weight is 329 g/mol. The van der Waals surface area contributed by atoms with Crippen molar-refractivity contribution in [2.24, 2.45) is 0 Å². The molecule has 0 saturated carbocycles. The monoisotopic (exact) mass is 329 g/mol. The minimum absolute atomic E-state index is 0.618. The Bertz CT molecular complexity index is 632. The predicted molar refractivity (Wildman–Crippen MR) is 97.0 cm³/mol. The normalized spacial score (nSPS) is 10.5. The van der Waals surface area contributed by atoms with Gasteiger partial charge in [-0.05, 0) is 37.8 Å². The third kappa shape index (κ3) is 5.41. The summed E-state index contributed by atoms with van der Waals surface area (Å²) in [4.78, 5) is 8.68. The molecule has 1 aromatic carbocycles. The number of benzene rings is 1. The van der Waals surface area contributed by atoms with E-state index in [1.165, 1.54) is 5.56 Å². The van der Waals surface area contributed by atoms with E-state index in [4.69, 9.17) is 9.47 Å². The van der Waals surface area contributed by atoms with Gasteiger partial charge in [-0.3, -0.25) is 0 Å². The molecule has 0 unspecified atom stereocenters. The van der Waals surface area contributed by atoms with E-state index in [1.54, 1.807) is 13.3 Å². The maximum atomic E-state index is 5.89. The Morgan fingerprint density at radius 3 is 2.75 bits per heavy atom. The van der Waals surface area contributed by atoms with Gasteiger partial charge in [0.2, 0.25) is 0 Å². The first kappa shape index (κ1) is 18.0. The summed E-state index contributed by atoms with van der Waals surface area (Å²) in [6.45, 7) is 5.57. The van der Waals surface area contributed by atoms with Gasteiger partial charge in [-0.2, -0.15) is 0 Å². The van der Waals surface area contributed by atoms with E-state index < -0.39 is 0 Å². The van der Waals surface area contributed by atoms with Crippen LogP contribution >= 0.6 is 0 Å². The van der Waals surface area contributed by atoms with Gasteiger partial charge in [0.05, 0.1) is 19.9 Å². The zero-order valence-electron chi connectivity index (χ0n) is 14.8. The first-order valence-corrected chi connectivity index (χ1v) is 8.56. The molecule has 0 spiro atoms. The number of hydrogen-bond acceptors (Lipinski definition) is 5. The number of methoxy groups -OCH3 is 1. The van der Waals surface area contributed by atoms with Crippen molar-refractivity contribution < 1.29 is 9.47 Å². The van der Waals surface area contributed by atoms with E-state index in [-0.39, 0.29) is 0 Å². The topological polar surface area (TPSA) is 56.3 Å². The van der Waals surface area contributed by atoms with Crippen molar-refractivity contribution in [1.29, 1.82) is 0 Å². The van der Waals surface area contributed by atoms with Crippen LogP contribution in [0.5, 0.6) is 11.5 Å². The van der Waals surface area contributed by atoms with Crippen LogP contribution in [-0.4, -0.2) is 30.2 Å². The number of rotatable bonds is 10. The third-order valence-corrected chi connectivity index (χ3v) is 3.74. The number of para-hydroxylation sites is 1. The van der Waals surface area contributed by atoms with Crippen LogP contribution < -0.4 is 14.8 Å². The summed E-state index contributed by atoms with van der Waals surface area (Å²) in [7, 11) is 1.70. The second-order valence-corrected chi connectivity index (χ2v) is 5.67. The molecule has 0 aliphatic rings. The van der Waals surface area contributed by atoms with Crippen LogP contribution in [-0.2, 0) is 6.42 Å². The third-order valence-electron chi connectivity index (χ3n) is 3.74. The van der Waals surface area contributed by atoms with E-state index >= 15 is 0 Å². The summed E-state index contributed by atoms with van der Waals surface area (Å²) in [5.74, 6) is 3.18. The lowest BCUT2D eigenvalue weighted by molar-refractivity contribution is 0.308. The molecule has 0 atom stereocenters. The van der Waals surface area contributed by atoms with E-state index in [1.807, 2.05) is 25.1 Å². The highest BCUT2D eigenvalue weighted by Crippen LogP contribution is 2.22. The molecule has 5 heteroatoms. The number of hydrogen-bond donors (Lipinski definition) is 1. The number of nitrogens with zero attached hydrogens (tertiary/aromatic N) is 2. The summed E-state index contributed by atoms with van der Waals surface area (Å²) in [5, 5.41) is 3.34. The molecule has 1 heterocycles. The van der Waals surface area contributed by atoms with Crippen LogP contribution in [0.3, 0.4) is 0 Å². The fourth-order valence-corrected chi connectivity index (χ4v) is 2.43. The lowest BCUT2D eigenvalue weighted by Crippen LogP contribution is -2.09. The first-order valence-electron chi connectivity index (χ1n) is 8.56. The number of unbranched alkanes of at least 4 members (excludes halogenated alkanes) is 1. The lowest BCUT2D eigenvalue weighted by Gasteiger charge is -2.13. The molecule has 0 aliphatic carbocycles. The summed E-state index contributed by atoms with van der Waals surface area (Å²) in [6.07, 6.45) is 5.82. The molecular formula is C19H27N3O2. The molecule has 0 bridgehead atoms. The van der Waals surface area contributed by atoms with Gasteiger partial charge < -0.3 is 14.8 Å². The Morgan fingerprint density at radius 1 is 1.12 bits per heavy atom. The van der Waals surface area contributed by atoms with Gasteiger partial charge in [-0.1, -0.05) is 31.5 Å². The standard InChI is InChI=1S/C19H27N3O2/c1-4-5-12-20-19-18(14-21-15(2)22-19)24-13-8-10-16-9-6-7-11-17(16)23-3/h6-7,9,11,14H,4-5,8,10,12-13H2,1-3H3,(H,20,21,22). The highest BCUT2D eigenvalue weighted by Gasteiger charge is 2.07. The molecule has 1 N–H and O–H groups in total. The van der Waals surface area contributed by atoms with Crippen LogP contribution in [0, 0.1) is 6.92 Å². The Kier molecular flexibility index (Phi) is 7.33. The van der Waals surface area contributed by atoms with Crippen molar-refractivity contribution in [2.45, 2.75) is 39.5 Å². The first-order chi connectivity index (χ1) is 11.7. The number of ether oxygens (including phenoxy) is 2. The fraction of sp³-hybridized carbons (Fsp3) is 0.474. The Morgan fingerprint density at radius 2 is 1.96 bits per heavy atom. The van der Waals surface area contributed by atoms with Crippen molar-refractivity contribution in [3.05, 3.63) is 41.9 Å². The minimum Gasteiger partial charge on any atom is -0.496 e. The predicted octanol–water partition coefficient (Wildman–Crippen LogP) is 4.02. The summed E-state index contributed by atoms with van der Waals surface area (Å²) in [5.41, 5.74) is 1.20. The van der Waals surface area contributed by atoms with Gasteiger partial charge >= 0.3 is 0 Å². The second-order valence-electron chi connectivity index (χ2n) is 5.67. The van der Waals surface area contributed by atoms with E-state index in [0.29, 0.717) is 6.61 Å². The van der Waals surface area contributed by atoms with Crippen molar-refractivity contribution in [1.82, 2.24) is 9.97 Å². The Labute approximate surface area is 144 Å². The zero-order chi connectivity index (χ0) is 17.2. The number of anilines is 1. The number of aryl methyl sites for hydroxylation is 2. The van der Waals surface area contributed by atoms with E-state index in [2.05, 4.69) is 28.3 Å². The smallest absolute Gasteiger partial charge is 0.179 e. The molecule has 0 radical (unpaired) electrons. The quantitative estimate of drug-likeness (QED) is 0.667. The molecule has 2 rings (SSSR count). The number of aromatic nitrogens is 2. The molecule has 1 aromatic heterocycles. The van der Waals surface area contributed by atoms with Gasteiger partial charge in [-0.25, -0.2) is 9.97 Å². The van der Waals surface area contributed by atoms with Crippen molar-refractivity contribution in [3.63, 3.8) is 0 Å². The van der Waals surface area contributed by atoms with Crippen molar-refractivity contribution in [2.75, 3.05) is 25.6 Å². The van der Waals surface area contributed by atoms with Gasteiger partial charge in [0, 0.05) is 6.54 Å². The van der Waals surface area contributed by atoms with Gasteiger partial charge in [0.15, 0.2) is 11.6 Å². The fourth-order valence-electron chi connectivity index (χ4n) is 2.43. The second kappa shape index (κ2) is 9.75. The molecule has 0 fully saturated rings. The van der Waals surface area contributed by atoms with Crippen LogP contribution in [0.1, 0.15) is 37.6 Å². The van der Waals surface area contributed by atoms with Gasteiger partial charge in [0.25, 0.3) is 0 Å². The van der Waals surface area contributed by atoms with E-state index in [0.717, 1.165) is 55.4 Å². The van der Waals surface area contributed by atoms with Crippen LogP contribution in [0.25, 0.3) is 0 Å². The number of nitrogens with one attached hydrogen (secondary N) is 1. The molecule has 0 amide bonds. The lowest BCUT2D eigenvalue weighted by atomic mass is 10.1. The molecule has 2 aromatic rings. The molecule has 0 aliphatic heterocycles. The zero-order valence-corrected chi connectivity index (χ0v) is 14.8. The maximum absolute atomic E-state index is 5.89. The molecule has 5 nitrogen and oxygen atoms in total. The molecule has 24 heavy (non-hydrogen) atoms. The van der Waals surface area contributed by atoms with E-state index in [9.17, 15) is 0 Å². The largest absolute Gasteiger partial charge is 0.496 e. The summed E-state index contributed by atoms with van der Waals surface area (Å²) in [6, 6.07) is 8.09. The highest BCUT2D eigenvalue weighted by atomic mass is 16.5. The van der Waals surface area contributed by atoms with Crippen molar-refractivity contribution >= 4 is 5.82 Å². The average Bonchev–Trinajstić information content (AvgIpc) is 2.60. The SMILES string of the molecule is CCCCNc1nc(C)ncc1OCCCc1ccccc1OC. The molecule has 130 valence electrons. The highest BCUT2D eigenvalue weighted by molar-refractivity contribution is 5.48. The summed E-state index contributed by atoms with van der Waals surface area (Å²) < 4.78 is 11.3. The minimum atomic E-state index is 0.618. The molecule has 0 saturated heterocycles. The Hall–Kier alpha value is -2.30. The Balaban J connectivity index is 1.87. The van der Waals surface area contributed by atoms with Crippen molar-refractivity contribution in [3.8, 4) is 11.5 Å². The van der Waals surface area contributed by atoms with Crippen LogP contribution in [0.2, 0.25) is 0 Å². The maximum Gasteiger partial charge on any atom is 0.179 e. The van der Waals surface area contributed by atoms with Gasteiger partial charge in [-0.15, -0.1) is 0 Å². The van der Waals surface area contributed by atoms with Gasteiger partial charge in [0.1, 0.15) is 11.6 Å².